The Balaban J connectivity index is 3.34. The highest BCUT2D eigenvalue weighted by Gasteiger charge is 2.04. The normalized spacial score (nSPS) is 13.9. The number of nitrogens with two attached hydrogens (primary N) is 2. The van der Waals surface area contributed by atoms with E-state index in [1.807, 2.05) is 0 Å². The third kappa shape index (κ3) is 5.18. The maximum atomic E-state index is 5.47. The molecule has 1 unspecified atom stereocenters. The molecule has 3 nitrogen and oxygen atoms in total. The Morgan fingerprint density at radius 2 is 1.82 bits per heavy atom. The first-order valence-electron chi connectivity index (χ1n) is 4.38. The highest BCUT2D eigenvalue weighted by Crippen LogP contribution is 1.97. The van der Waals surface area contributed by atoms with Crippen LogP contribution < -0.4 is 16.8 Å². The van der Waals surface area contributed by atoms with E-state index in [0.29, 0.717) is 19.1 Å². The van der Waals surface area contributed by atoms with Gasteiger partial charge in [-0.05, 0) is 12.5 Å². The van der Waals surface area contributed by atoms with Crippen LogP contribution in [0.4, 0.5) is 0 Å². The van der Waals surface area contributed by atoms with E-state index in [1.54, 1.807) is 0 Å². The van der Waals surface area contributed by atoms with Crippen LogP contribution in [-0.2, 0) is 0 Å². The Bertz CT molecular complexity index is 81.4. The minimum absolute atomic E-state index is 0.295. The maximum absolute atomic E-state index is 5.47. The first-order chi connectivity index (χ1) is 5.24. The summed E-state index contributed by atoms with van der Waals surface area (Å²) in [5.41, 5.74) is 10.9. The van der Waals surface area contributed by atoms with Crippen molar-refractivity contribution in [2.75, 3.05) is 19.6 Å². The molecule has 0 radical (unpaired) electrons. The molecule has 0 rings (SSSR count). The molecule has 1 atom stereocenters. The second-order valence-electron chi connectivity index (χ2n) is 3.09. The summed E-state index contributed by atoms with van der Waals surface area (Å²) in [5, 5.41) is 3.32. The average molecular weight is 159 g/mol. The van der Waals surface area contributed by atoms with E-state index in [-0.39, 0.29) is 0 Å². The van der Waals surface area contributed by atoms with Gasteiger partial charge in [-0.1, -0.05) is 20.3 Å². The summed E-state index contributed by atoms with van der Waals surface area (Å²) in [6.45, 7) is 6.69. The molecule has 0 saturated heterocycles. The van der Waals surface area contributed by atoms with Crippen molar-refractivity contribution in [3.63, 3.8) is 0 Å². The van der Waals surface area contributed by atoms with Crippen molar-refractivity contribution in [3.05, 3.63) is 0 Å². The zero-order valence-electron chi connectivity index (χ0n) is 7.64. The summed E-state index contributed by atoms with van der Waals surface area (Å²) in [5.74, 6) is 0.718. The molecule has 0 saturated carbocycles. The summed E-state index contributed by atoms with van der Waals surface area (Å²) in [6, 6.07) is 0.295. The molecular weight excluding hydrogens is 138 g/mol. The fraction of sp³-hybridized carbons (Fsp3) is 1.00. The van der Waals surface area contributed by atoms with Crippen molar-refractivity contribution in [2.45, 2.75) is 26.3 Å². The summed E-state index contributed by atoms with van der Waals surface area (Å²) >= 11 is 0. The van der Waals surface area contributed by atoms with Crippen molar-refractivity contribution in [1.82, 2.24) is 5.32 Å². The van der Waals surface area contributed by atoms with Crippen molar-refractivity contribution in [2.24, 2.45) is 17.4 Å². The molecule has 0 heterocycles. The van der Waals surface area contributed by atoms with Gasteiger partial charge in [0.25, 0.3) is 0 Å². The molecule has 0 aromatic heterocycles. The third-order valence-electron chi connectivity index (χ3n) is 2.02. The Morgan fingerprint density at radius 3 is 2.18 bits per heavy atom. The van der Waals surface area contributed by atoms with Crippen LogP contribution in [0.15, 0.2) is 0 Å². The Morgan fingerprint density at radius 1 is 1.27 bits per heavy atom. The van der Waals surface area contributed by atoms with Gasteiger partial charge >= 0.3 is 0 Å². The van der Waals surface area contributed by atoms with Crippen LogP contribution in [-0.4, -0.2) is 25.7 Å². The van der Waals surface area contributed by atoms with Crippen LogP contribution in [0.3, 0.4) is 0 Å². The molecule has 0 spiro atoms. The summed E-state index contributed by atoms with van der Waals surface area (Å²) in [4.78, 5) is 0. The zero-order chi connectivity index (χ0) is 8.69. The predicted molar refractivity (Wildman–Crippen MR) is 49.4 cm³/mol. The molecule has 0 aliphatic carbocycles. The summed E-state index contributed by atoms with van der Waals surface area (Å²) < 4.78 is 0. The third-order valence-corrected chi connectivity index (χ3v) is 2.02. The van der Waals surface area contributed by atoms with Crippen molar-refractivity contribution in [3.8, 4) is 0 Å². The second kappa shape index (κ2) is 6.58. The van der Waals surface area contributed by atoms with Gasteiger partial charge in [-0.3, -0.25) is 0 Å². The fourth-order valence-electron chi connectivity index (χ4n) is 0.775. The zero-order valence-corrected chi connectivity index (χ0v) is 7.64. The summed E-state index contributed by atoms with van der Waals surface area (Å²) in [7, 11) is 0. The second-order valence-corrected chi connectivity index (χ2v) is 3.09. The van der Waals surface area contributed by atoms with E-state index in [1.165, 1.54) is 6.42 Å². The van der Waals surface area contributed by atoms with E-state index >= 15 is 0 Å². The van der Waals surface area contributed by atoms with Crippen LogP contribution in [0.2, 0.25) is 0 Å². The molecule has 0 bridgehead atoms. The molecule has 0 aliphatic rings. The average Bonchev–Trinajstić information content (AvgIpc) is 2.06. The highest BCUT2D eigenvalue weighted by atomic mass is 14.9. The monoisotopic (exact) mass is 159 g/mol. The lowest BCUT2D eigenvalue weighted by atomic mass is 10.1. The van der Waals surface area contributed by atoms with Gasteiger partial charge in [-0.2, -0.15) is 0 Å². The van der Waals surface area contributed by atoms with Crippen LogP contribution in [0.25, 0.3) is 0 Å². The molecular formula is C8H21N3. The fourth-order valence-corrected chi connectivity index (χ4v) is 0.775. The van der Waals surface area contributed by atoms with Gasteiger partial charge in [0.15, 0.2) is 0 Å². The number of hydrogen-bond donors (Lipinski definition) is 3. The van der Waals surface area contributed by atoms with Gasteiger partial charge in [0.1, 0.15) is 0 Å². The molecule has 11 heavy (non-hydrogen) atoms. The predicted octanol–water partition coefficient (Wildman–Crippen LogP) is -0.0919. The van der Waals surface area contributed by atoms with Crippen LogP contribution in [0, 0.1) is 5.92 Å². The molecule has 68 valence electrons. The lowest BCUT2D eigenvalue weighted by Crippen LogP contribution is -2.43. The van der Waals surface area contributed by atoms with E-state index < -0.39 is 0 Å². The van der Waals surface area contributed by atoms with E-state index in [0.717, 1.165) is 12.5 Å². The first-order valence-corrected chi connectivity index (χ1v) is 4.38. The Hall–Kier alpha value is -0.120. The first kappa shape index (κ1) is 10.9. The largest absolute Gasteiger partial charge is 0.329 e. The molecule has 0 amide bonds. The maximum Gasteiger partial charge on any atom is 0.0313 e. The van der Waals surface area contributed by atoms with Gasteiger partial charge in [0, 0.05) is 19.1 Å². The van der Waals surface area contributed by atoms with Crippen LogP contribution >= 0.6 is 0 Å². The quantitative estimate of drug-likeness (QED) is 0.507. The van der Waals surface area contributed by atoms with Gasteiger partial charge in [-0.15, -0.1) is 0 Å². The van der Waals surface area contributed by atoms with Crippen LogP contribution in [0.5, 0.6) is 0 Å². The molecule has 0 fully saturated rings. The van der Waals surface area contributed by atoms with Crippen molar-refractivity contribution in [1.29, 1.82) is 0 Å². The molecule has 0 aromatic carbocycles. The van der Waals surface area contributed by atoms with Gasteiger partial charge in [-0.25, -0.2) is 0 Å². The highest BCUT2D eigenvalue weighted by molar-refractivity contribution is 4.69. The minimum atomic E-state index is 0.295. The smallest absolute Gasteiger partial charge is 0.0313 e. The van der Waals surface area contributed by atoms with E-state index in [9.17, 15) is 0 Å². The van der Waals surface area contributed by atoms with Crippen LogP contribution in [0.1, 0.15) is 20.3 Å². The molecule has 5 N–H and O–H groups in total. The SMILES string of the molecule is CCC(C)CNC(CN)CN. The molecule has 3 heteroatoms. The van der Waals surface area contributed by atoms with Gasteiger partial charge in [0.2, 0.25) is 0 Å². The minimum Gasteiger partial charge on any atom is -0.329 e. The van der Waals surface area contributed by atoms with Gasteiger partial charge < -0.3 is 16.8 Å². The summed E-state index contributed by atoms with van der Waals surface area (Å²) in [6.07, 6.45) is 1.20. The molecule has 0 aliphatic heterocycles. The van der Waals surface area contributed by atoms with Crippen molar-refractivity contribution >= 4 is 0 Å². The Kier molecular flexibility index (Phi) is 6.51. The molecule has 0 aromatic rings. The van der Waals surface area contributed by atoms with E-state index in [4.69, 9.17) is 11.5 Å². The number of rotatable bonds is 6. The topological polar surface area (TPSA) is 64.1 Å². The lowest BCUT2D eigenvalue weighted by Gasteiger charge is -2.17. The van der Waals surface area contributed by atoms with Crippen molar-refractivity contribution < 1.29 is 0 Å². The number of hydrogen-bond acceptors (Lipinski definition) is 3. The lowest BCUT2D eigenvalue weighted by molar-refractivity contribution is 0.444. The number of nitrogens with one attached hydrogen (secondary N) is 1. The van der Waals surface area contributed by atoms with Gasteiger partial charge in [0.05, 0.1) is 0 Å². The van der Waals surface area contributed by atoms with E-state index in [2.05, 4.69) is 19.2 Å². The standard InChI is InChI=1S/C8H21N3/c1-3-7(2)6-11-8(4-9)5-10/h7-8,11H,3-6,9-10H2,1-2H3. The Labute approximate surface area is 69.5 Å².